The van der Waals surface area contributed by atoms with Gasteiger partial charge in [0, 0.05) is 0 Å². The Bertz CT molecular complexity index is 272. The highest BCUT2D eigenvalue weighted by Crippen LogP contribution is 2.22. The van der Waals surface area contributed by atoms with E-state index in [4.69, 9.17) is 5.11 Å². The Morgan fingerprint density at radius 1 is 1.55 bits per heavy atom. The monoisotopic (exact) mass is 216 g/mol. The highest BCUT2D eigenvalue weighted by Gasteiger charge is 2.00. The third-order valence-electron chi connectivity index (χ3n) is 1.22. The van der Waals surface area contributed by atoms with Gasteiger partial charge >= 0.3 is 0 Å². The van der Waals surface area contributed by atoms with E-state index >= 15 is 0 Å². The quantitative estimate of drug-likeness (QED) is 0.769. The minimum absolute atomic E-state index is 0.0479. The van der Waals surface area contributed by atoms with Crippen molar-refractivity contribution in [1.82, 2.24) is 0 Å². The maximum Gasteiger partial charge on any atom is 0.179 e. The van der Waals surface area contributed by atoms with Gasteiger partial charge in [-0.2, -0.15) is 0 Å². The summed E-state index contributed by atoms with van der Waals surface area (Å²) in [7, 11) is 0. The maximum atomic E-state index is 10.3. The standard InChI is InChI=1S/C7H5BrO3/c8-11-6-1-2-7(10)5(3-6)4-9/h1-4,10H. The molecule has 58 valence electrons. The minimum atomic E-state index is -0.0479. The van der Waals surface area contributed by atoms with Crippen LogP contribution in [0.25, 0.3) is 0 Å². The fraction of sp³-hybridized carbons (Fsp3) is 0. The summed E-state index contributed by atoms with van der Waals surface area (Å²) < 4.78 is 4.65. The van der Waals surface area contributed by atoms with E-state index in [1.807, 2.05) is 0 Å². The van der Waals surface area contributed by atoms with Crippen molar-refractivity contribution in [2.75, 3.05) is 0 Å². The maximum absolute atomic E-state index is 10.3. The highest BCUT2D eigenvalue weighted by atomic mass is 79.9. The second-order valence-electron chi connectivity index (χ2n) is 1.92. The van der Waals surface area contributed by atoms with E-state index in [2.05, 4.69) is 20.1 Å². The molecular weight excluding hydrogens is 212 g/mol. The molecule has 0 atom stereocenters. The minimum Gasteiger partial charge on any atom is -0.507 e. The smallest absolute Gasteiger partial charge is 0.179 e. The summed E-state index contributed by atoms with van der Waals surface area (Å²) in [5.74, 6) is 0.429. The Kier molecular flexibility index (Phi) is 2.48. The van der Waals surface area contributed by atoms with Crippen molar-refractivity contribution < 1.29 is 13.7 Å². The Morgan fingerprint density at radius 3 is 2.82 bits per heavy atom. The van der Waals surface area contributed by atoms with Crippen LogP contribution in [0.4, 0.5) is 0 Å². The molecule has 1 aromatic carbocycles. The molecule has 0 aliphatic heterocycles. The summed E-state index contributed by atoms with van der Waals surface area (Å²) in [5, 5.41) is 9.03. The summed E-state index contributed by atoms with van der Waals surface area (Å²) in [6.07, 6.45) is 0.560. The topological polar surface area (TPSA) is 46.5 Å². The molecule has 0 fully saturated rings. The van der Waals surface area contributed by atoms with E-state index in [1.54, 1.807) is 0 Å². The van der Waals surface area contributed by atoms with Gasteiger partial charge in [0.2, 0.25) is 0 Å². The molecule has 1 aromatic rings. The van der Waals surface area contributed by atoms with Gasteiger partial charge in [0.05, 0.1) is 5.56 Å². The van der Waals surface area contributed by atoms with E-state index < -0.39 is 0 Å². The van der Waals surface area contributed by atoms with Gasteiger partial charge in [-0.15, -0.1) is 0 Å². The number of halogens is 1. The molecule has 1 N–H and O–H groups in total. The van der Waals surface area contributed by atoms with E-state index in [9.17, 15) is 4.79 Å². The first-order valence-electron chi connectivity index (χ1n) is 2.84. The molecule has 1 rings (SSSR count). The lowest BCUT2D eigenvalue weighted by molar-refractivity contribution is 0.112. The van der Waals surface area contributed by atoms with E-state index in [1.165, 1.54) is 18.2 Å². The van der Waals surface area contributed by atoms with Crippen molar-refractivity contribution in [2.45, 2.75) is 0 Å². The molecule has 0 aliphatic carbocycles. The summed E-state index contributed by atoms with van der Waals surface area (Å²) in [6, 6.07) is 4.36. The van der Waals surface area contributed by atoms with Crippen LogP contribution < -0.4 is 3.83 Å². The van der Waals surface area contributed by atoms with E-state index in [-0.39, 0.29) is 11.3 Å². The van der Waals surface area contributed by atoms with Crippen LogP contribution in [-0.4, -0.2) is 11.4 Å². The van der Waals surface area contributed by atoms with Gasteiger partial charge in [0.1, 0.15) is 11.5 Å². The molecule has 0 aromatic heterocycles. The van der Waals surface area contributed by atoms with Crippen LogP contribution in [0.3, 0.4) is 0 Å². The van der Waals surface area contributed by atoms with Gasteiger partial charge in [-0.3, -0.25) is 4.79 Å². The zero-order chi connectivity index (χ0) is 8.27. The second kappa shape index (κ2) is 3.39. The average molecular weight is 217 g/mol. The lowest BCUT2D eigenvalue weighted by atomic mass is 10.2. The largest absolute Gasteiger partial charge is 0.507 e. The van der Waals surface area contributed by atoms with Crippen LogP contribution in [-0.2, 0) is 0 Å². The Balaban J connectivity index is 3.12. The lowest BCUT2D eigenvalue weighted by Gasteiger charge is -1.98. The number of benzene rings is 1. The van der Waals surface area contributed by atoms with Crippen molar-refractivity contribution >= 4 is 22.5 Å². The predicted molar refractivity (Wildman–Crippen MR) is 43.0 cm³/mol. The van der Waals surface area contributed by atoms with Crippen LogP contribution >= 0.6 is 16.3 Å². The fourth-order valence-corrected chi connectivity index (χ4v) is 0.876. The number of aromatic hydroxyl groups is 1. The molecule has 0 saturated heterocycles. The number of carbonyl (C=O) groups excluding carboxylic acids is 1. The molecule has 0 unspecified atom stereocenters. The van der Waals surface area contributed by atoms with Crippen molar-refractivity contribution in [3.8, 4) is 11.5 Å². The molecular formula is C7H5BrO3. The predicted octanol–water partition coefficient (Wildman–Crippen LogP) is 1.89. The Hall–Kier alpha value is -1.03. The molecule has 0 amide bonds. The van der Waals surface area contributed by atoms with Gasteiger partial charge in [0.15, 0.2) is 22.5 Å². The van der Waals surface area contributed by atoms with Gasteiger partial charge < -0.3 is 8.93 Å². The number of phenols is 1. The SMILES string of the molecule is O=Cc1cc(OBr)ccc1O. The first-order valence-corrected chi connectivity index (χ1v) is 3.49. The van der Waals surface area contributed by atoms with Gasteiger partial charge in [-0.05, 0) is 18.2 Å². The molecule has 0 bridgehead atoms. The summed E-state index contributed by atoms with van der Waals surface area (Å²) in [5.41, 5.74) is 0.210. The van der Waals surface area contributed by atoms with E-state index in [0.717, 1.165) is 0 Å². The van der Waals surface area contributed by atoms with Gasteiger partial charge in [-0.25, -0.2) is 0 Å². The van der Waals surface area contributed by atoms with Crippen molar-refractivity contribution in [3.05, 3.63) is 23.8 Å². The zero-order valence-corrected chi connectivity index (χ0v) is 7.04. The van der Waals surface area contributed by atoms with Crippen LogP contribution in [0.5, 0.6) is 11.5 Å². The molecule has 0 aliphatic rings. The summed E-state index contributed by atoms with van der Waals surface area (Å²) >= 11 is 2.75. The molecule has 0 radical (unpaired) electrons. The summed E-state index contributed by atoms with van der Waals surface area (Å²) in [4.78, 5) is 10.3. The Morgan fingerprint density at radius 2 is 2.27 bits per heavy atom. The number of aldehydes is 1. The third kappa shape index (κ3) is 1.71. The number of carbonyl (C=O) groups is 1. The fourth-order valence-electron chi connectivity index (χ4n) is 0.675. The van der Waals surface area contributed by atoms with E-state index in [0.29, 0.717) is 12.0 Å². The molecule has 0 spiro atoms. The number of phenolic OH excluding ortho intramolecular Hbond substituents is 1. The van der Waals surface area contributed by atoms with Crippen LogP contribution in [0, 0.1) is 0 Å². The number of rotatable bonds is 2. The molecule has 0 heterocycles. The lowest BCUT2D eigenvalue weighted by Crippen LogP contribution is -1.82. The molecule has 0 saturated carbocycles. The third-order valence-corrected chi connectivity index (χ3v) is 1.59. The molecule has 3 nitrogen and oxygen atoms in total. The van der Waals surface area contributed by atoms with Crippen molar-refractivity contribution in [3.63, 3.8) is 0 Å². The highest BCUT2D eigenvalue weighted by molar-refractivity contribution is 9.06. The number of hydrogen-bond donors (Lipinski definition) is 1. The first-order chi connectivity index (χ1) is 5.27. The second-order valence-corrected chi connectivity index (χ2v) is 2.24. The van der Waals surface area contributed by atoms with Gasteiger partial charge in [-0.1, -0.05) is 0 Å². The average Bonchev–Trinajstić information content (AvgIpc) is 2.05. The summed E-state index contributed by atoms with van der Waals surface area (Å²) in [6.45, 7) is 0. The molecule has 4 heteroatoms. The van der Waals surface area contributed by atoms with Gasteiger partial charge in [0.25, 0.3) is 0 Å². The molecule has 11 heavy (non-hydrogen) atoms. The van der Waals surface area contributed by atoms with Crippen LogP contribution in [0.1, 0.15) is 10.4 Å². The van der Waals surface area contributed by atoms with Crippen molar-refractivity contribution in [1.29, 1.82) is 0 Å². The van der Waals surface area contributed by atoms with Crippen LogP contribution in [0.15, 0.2) is 18.2 Å². The number of hydrogen-bond acceptors (Lipinski definition) is 3. The van der Waals surface area contributed by atoms with Crippen LogP contribution in [0.2, 0.25) is 0 Å². The zero-order valence-electron chi connectivity index (χ0n) is 5.45. The first kappa shape index (κ1) is 8.07. The Labute approximate surface area is 72.1 Å². The normalized spacial score (nSPS) is 9.18. The van der Waals surface area contributed by atoms with Crippen molar-refractivity contribution in [2.24, 2.45) is 0 Å².